The van der Waals surface area contributed by atoms with Gasteiger partial charge in [-0.15, -0.1) is 0 Å². The Bertz CT molecular complexity index is 1310. The highest BCUT2D eigenvalue weighted by atomic mass is 19.1. The molecule has 0 radical (unpaired) electrons. The van der Waals surface area contributed by atoms with Gasteiger partial charge < -0.3 is 24.1 Å². The van der Waals surface area contributed by atoms with Gasteiger partial charge in [0.05, 0.1) is 25.8 Å². The molecule has 0 aliphatic carbocycles. The molecule has 2 aliphatic rings. The smallest absolute Gasteiger partial charge is 0.333 e. The van der Waals surface area contributed by atoms with E-state index in [0.29, 0.717) is 0 Å². The summed E-state index contributed by atoms with van der Waals surface area (Å²) in [7, 11) is 0. The van der Waals surface area contributed by atoms with E-state index >= 15 is 0 Å². The Morgan fingerprint density at radius 2 is 1.69 bits per heavy atom. The molecule has 0 amide bonds. The maximum absolute atomic E-state index is 14.8. The van der Waals surface area contributed by atoms with E-state index in [-0.39, 0.29) is 26.0 Å². The van der Waals surface area contributed by atoms with Gasteiger partial charge in [0.25, 0.3) is 5.56 Å². The molecule has 2 unspecified atom stereocenters. The Kier molecular flexibility index (Phi) is 12.0. The van der Waals surface area contributed by atoms with Gasteiger partial charge in [-0.2, -0.15) is 4.39 Å². The minimum Gasteiger partial charge on any atom is -0.466 e. The first kappa shape index (κ1) is 33.6. The third kappa shape index (κ3) is 8.59. The van der Waals surface area contributed by atoms with Crippen LogP contribution in [0.1, 0.15) is 86.3 Å². The van der Waals surface area contributed by atoms with Crippen LogP contribution in [0.4, 0.5) is 4.39 Å². The normalized spacial score (nSPS) is 25.9. The largest absolute Gasteiger partial charge is 0.466 e. The van der Waals surface area contributed by atoms with Crippen LogP contribution in [0.5, 0.6) is 0 Å². The fourth-order valence-electron chi connectivity index (χ4n) is 5.15. The highest BCUT2D eigenvalue weighted by molar-refractivity contribution is 5.69. The Morgan fingerprint density at radius 1 is 1.05 bits per heavy atom. The first-order valence-corrected chi connectivity index (χ1v) is 14.6. The number of halogens is 1. The third-order valence-corrected chi connectivity index (χ3v) is 7.50. The Labute approximate surface area is 246 Å². The highest BCUT2D eigenvalue weighted by Gasteiger charge is 2.57. The van der Waals surface area contributed by atoms with Gasteiger partial charge in [-0.3, -0.25) is 18.7 Å². The second-order valence-electron chi connectivity index (χ2n) is 11.4. The van der Waals surface area contributed by atoms with Crippen molar-refractivity contribution in [1.29, 1.82) is 0 Å². The number of carbonyl (C=O) groups is 1. The van der Waals surface area contributed by atoms with Gasteiger partial charge in [0.2, 0.25) is 5.82 Å². The number of hydrogen-bond donors (Lipinski definition) is 1. The van der Waals surface area contributed by atoms with E-state index in [2.05, 4.69) is 32.9 Å². The Balaban J connectivity index is 1.75. The van der Waals surface area contributed by atoms with Crippen LogP contribution in [0.2, 0.25) is 0 Å². The van der Waals surface area contributed by atoms with E-state index in [4.69, 9.17) is 18.9 Å². The maximum Gasteiger partial charge on any atom is 0.333 e. The lowest BCUT2D eigenvalue weighted by Gasteiger charge is -2.27. The van der Waals surface area contributed by atoms with E-state index in [1.165, 1.54) is 11.1 Å². The van der Waals surface area contributed by atoms with Crippen LogP contribution in [-0.2, 0) is 30.3 Å². The molecule has 234 valence electrons. The molecule has 2 aliphatic heterocycles. The molecule has 5 atom stereocenters. The minimum atomic E-state index is -1.22. The molecule has 10 nitrogen and oxygen atoms in total. The molecule has 2 fully saturated rings. The number of carbonyl (C=O) groups excluding carboxylic acids is 1. The van der Waals surface area contributed by atoms with Gasteiger partial charge in [-0.25, -0.2) is 4.79 Å². The summed E-state index contributed by atoms with van der Waals surface area (Å²) in [5.41, 5.74) is 1.76. The maximum atomic E-state index is 14.8. The second-order valence-corrected chi connectivity index (χ2v) is 11.4. The molecular formula is C31H45FN2O8. The molecule has 3 rings (SSSR count). The number of esters is 1. The molecule has 1 aromatic rings. The van der Waals surface area contributed by atoms with Crippen LogP contribution in [0.15, 0.2) is 50.7 Å². The van der Waals surface area contributed by atoms with E-state index in [1.807, 2.05) is 6.92 Å². The Morgan fingerprint density at radius 3 is 2.33 bits per heavy atom. The average molecular weight is 593 g/mol. The van der Waals surface area contributed by atoms with Crippen LogP contribution in [0.3, 0.4) is 0 Å². The van der Waals surface area contributed by atoms with Crippen molar-refractivity contribution in [3.63, 3.8) is 0 Å². The SMILES string of the molecule is CCOC(=O)CC[C@@]1(C)OC2C(O1)[C@@H](CO)O[C@H]2n1cc(F)c(=O)n(C/C=C(\C)CC/C=C(\C)CCC=C(C)C)c1=O. The molecule has 1 aromatic heterocycles. The molecule has 0 bridgehead atoms. The summed E-state index contributed by atoms with van der Waals surface area (Å²) in [5.74, 6) is -2.74. The zero-order valence-electron chi connectivity index (χ0n) is 25.6. The van der Waals surface area contributed by atoms with Gasteiger partial charge in [0.15, 0.2) is 12.0 Å². The van der Waals surface area contributed by atoms with Crippen molar-refractivity contribution in [3.8, 4) is 0 Å². The molecule has 42 heavy (non-hydrogen) atoms. The fraction of sp³-hybridized carbons (Fsp3) is 0.645. The summed E-state index contributed by atoms with van der Waals surface area (Å²) >= 11 is 0. The van der Waals surface area contributed by atoms with Crippen LogP contribution in [0.25, 0.3) is 0 Å². The van der Waals surface area contributed by atoms with Crippen molar-refractivity contribution >= 4 is 5.97 Å². The first-order valence-electron chi connectivity index (χ1n) is 14.6. The zero-order valence-corrected chi connectivity index (χ0v) is 25.6. The lowest BCUT2D eigenvalue weighted by atomic mass is 10.1. The van der Waals surface area contributed by atoms with Crippen LogP contribution in [0, 0.1) is 5.82 Å². The van der Waals surface area contributed by atoms with Crippen molar-refractivity contribution in [2.45, 2.75) is 117 Å². The summed E-state index contributed by atoms with van der Waals surface area (Å²) in [6.07, 6.45) is 7.03. The molecular weight excluding hydrogens is 547 g/mol. The second kappa shape index (κ2) is 15.0. The number of aromatic nitrogens is 2. The monoisotopic (exact) mass is 592 g/mol. The molecule has 2 saturated heterocycles. The quantitative estimate of drug-likeness (QED) is 0.251. The van der Waals surface area contributed by atoms with Gasteiger partial charge in [0, 0.05) is 13.0 Å². The van der Waals surface area contributed by atoms with Crippen LogP contribution < -0.4 is 11.2 Å². The summed E-state index contributed by atoms with van der Waals surface area (Å²) in [5, 5.41) is 9.91. The lowest BCUT2D eigenvalue weighted by molar-refractivity contribution is -0.215. The van der Waals surface area contributed by atoms with Crippen molar-refractivity contribution < 1.29 is 33.2 Å². The minimum absolute atomic E-state index is 0.0372. The average Bonchev–Trinajstić information content (AvgIpc) is 3.44. The third-order valence-electron chi connectivity index (χ3n) is 7.50. The lowest BCUT2D eigenvalue weighted by Crippen LogP contribution is -2.44. The first-order chi connectivity index (χ1) is 19.9. The van der Waals surface area contributed by atoms with Gasteiger partial charge in [0.1, 0.15) is 18.3 Å². The number of aliphatic hydroxyl groups is 1. The molecule has 11 heteroatoms. The van der Waals surface area contributed by atoms with E-state index in [1.54, 1.807) is 19.9 Å². The zero-order chi connectivity index (χ0) is 31.0. The van der Waals surface area contributed by atoms with Gasteiger partial charge >= 0.3 is 11.7 Å². The number of nitrogens with zero attached hydrogens (tertiary/aromatic N) is 2. The molecule has 0 aromatic carbocycles. The van der Waals surface area contributed by atoms with Crippen molar-refractivity contribution in [2.24, 2.45) is 0 Å². The summed E-state index contributed by atoms with van der Waals surface area (Å²) in [6, 6.07) is 0. The van der Waals surface area contributed by atoms with E-state index in [9.17, 15) is 23.9 Å². The topological polar surface area (TPSA) is 118 Å². The van der Waals surface area contributed by atoms with E-state index in [0.717, 1.165) is 46.6 Å². The van der Waals surface area contributed by atoms with Gasteiger partial charge in [-0.1, -0.05) is 34.9 Å². The number of rotatable bonds is 14. The highest BCUT2D eigenvalue weighted by Crippen LogP contribution is 2.44. The number of hydrogen-bond acceptors (Lipinski definition) is 8. The molecule has 1 N–H and O–H groups in total. The van der Waals surface area contributed by atoms with Crippen LogP contribution >= 0.6 is 0 Å². The number of ether oxygens (including phenoxy) is 4. The van der Waals surface area contributed by atoms with Gasteiger partial charge in [-0.05, 0) is 67.2 Å². The Hall–Kier alpha value is -2.86. The predicted molar refractivity (Wildman–Crippen MR) is 155 cm³/mol. The summed E-state index contributed by atoms with van der Waals surface area (Å²) < 4.78 is 39.6. The van der Waals surface area contributed by atoms with Crippen molar-refractivity contribution in [3.05, 3.63) is 67.8 Å². The predicted octanol–water partition coefficient (Wildman–Crippen LogP) is 4.30. The van der Waals surface area contributed by atoms with E-state index < -0.39 is 60.0 Å². The molecule has 0 saturated carbocycles. The number of fused-ring (bicyclic) bond motifs is 1. The summed E-state index contributed by atoms with van der Waals surface area (Å²) in [4.78, 5) is 37.9. The molecule has 3 heterocycles. The standard InChI is InChI=1S/C31H45FN2O8/c1-7-39-25(36)14-16-31(6)41-26-24(19-35)40-29(27(26)42-31)34-18-23(32)28(37)33(30(34)38)17-15-22(5)13-9-12-21(4)11-8-10-20(2)3/h10,12,15,18,24,26-27,29,35H,7-9,11,13-14,16-17,19H2,1-6H3/b21-12+,22-15+/t24-,26?,27?,29-,31-/m1/s1. The fourth-order valence-corrected chi connectivity index (χ4v) is 5.15. The van der Waals surface area contributed by atoms with Crippen molar-refractivity contribution in [2.75, 3.05) is 13.2 Å². The molecule has 0 spiro atoms. The number of aliphatic hydroxyl groups excluding tert-OH is 1. The number of allylic oxidation sites excluding steroid dienone is 6. The van der Waals surface area contributed by atoms with Crippen LogP contribution in [-0.4, -0.2) is 57.5 Å². The van der Waals surface area contributed by atoms with Crippen molar-refractivity contribution in [1.82, 2.24) is 9.13 Å². The summed E-state index contributed by atoms with van der Waals surface area (Å²) in [6.45, 7) is 11.2.